The molecule has 3 rings (SSSR count). The van der Waals surface area contributed by atoms with Crippen LogP contribution in [0.2, 0.25) is 0 Å². The zero-order chi connectivity index (χ0) is 14.8. The monoisotopic (exact) mass is 285 g/mol. The van der Waals surface area contributed by atoms with E-state index in [-0.39, 0.29) is 5.91 Å². The summed E-state index contributed by atoms with van der Waals surface area (Å²) in [5, 5.41) is 0. The van der Waals surface area contributed by atoms with E-state index in [0.29, 0.717) is 12.5 Å². The summed E-state index contributed by atoms with van der Waals surface area (Å²) >= 11 is 0. The predicted molar refractivity (Wildman–Crippen MR) is 84.3 cm³/mol. The molecule has 1 aromatic heterocycles. The van der Waals surface area contributed by atoms with Crippen LogP contribution in [-0.2, 0) is 11.2 Å². The highest BCUT2D eigenvalue weighted by Gasteiger charge is 2.17. The largest absolute Gasteiger partial charge is 0.342 e. The molecule has 4 heteroatoms. The normalized spacial score (nSPS) is 15.9. The van der Waals surface area contributed by atoms with E-state index in [4.69, 9.17) is 0 Å². The molecule has 1 aromatic carbocycles. The average molecular weight is 285 g/mol. The Morgan fingerprint density at radius 3 is 2.71 bits per heavy atom. The maximum Gasteiger partial charge on any atom is 0.226 e. The second kappa shape index (κ2) is 5.88. The molecule has 1 fully saturated rings. The predicted octanol–water partition coefficient (Wildman–Crippen LogP) is 3.17. The lowest BCUT2D eigenvalue weighted by molar-refractivity contribution is -0.131. The molecule has 0 aliphatic carbocycles. The first kappa shape index (κ1) is 14.1. The standard InChI is InChI=1S/C17H23N3O/c1-13(2)20-12-18-15-10-14(6-7-16(15)20)11-17(21)19-8-4-3-5-9-19/h6-7,10,12-13H,3-5,8-9,11H2,1-2H3. The van der Waals surface area contributed by atoms with E-state index in [2.05, 4.69) is 41.6 Å². The van der Waals surface area contributed by atoms with Gasteiger partial charge in [0.05, 0.1) is 23.8 Å². The van der Waals surface area contributed by atoms with Gasteiger partial charge in [-0.3, -0.25) is 4.79 Å². The number of likely N-dealkylation sites (tertiary alicyclic amines) is 1. The third-order valence-electron chi connectivity index (χ3n) is 4.26. The van der Waals surface area contributed by atoms with Gasteiger partial charge in [-0.05, 0) is 50.8 Å². The van der Waals surface area contributed by atoms with Crippen LogP contribution in [0, 0.1) is 0 Å². The number of hydrogen-bond donors (Lipinski definition) is 0. The lowest BCUT2D eigenvalue weighted by atomic mass is 10.1. The quantitative estimate of drug-likeness (QED) is 0.868. The molecular weight excluding hydrogens is 262 g/mol. The maximum atomic E-state index is 12.3. The number of nitrogens with zero attached hydrogens (tertiary/aromatic N) is 3. The summed E-state index contributed by atoms with van der Waals surface area (Å²) < 4.78 is 2.16. The van der Waals surface area contributed by atoms with E-state index in [1.807, 2.05) is 11.2 Å². The fourth-order valence-corrected chi connectivity index (χ4v) is 3.03. The number of rotatable bonds is 3. The maximum absolute atomic E-state index is 12.3. The summed E-state index contributed by atoms with van der Waals surface area (Å²) in [5.74, 6) is 0.248. The number of fused-ring (bicyclic) bond motifs is 1. The van der Waals surface area contributed by atoms with Crippen molar-refractivity contribution in [2.24, 2.45) is 0 Å². The van der Waals surface area contributed by atoms with Gasteiger partial charge in [-0.1, -0.05) is 6.07 Å². The minimum absolute atomic E-state index is 0.248. The molecular formula is C17H23N3O. The summed E-state index contributed by atoms with van der Waals surface area (Å²) in [6.45, 7) is 6.13. The Balaban J connectivity index is 1.76. The SMILES string of the molecule is CC(C)n1cnc2cc(CC(=O)N3CCCCC3)ccc21. The van der Waals surface area contributed by atoms with E-state index in [1.165, 1.54) is 6.42 Å². The zero-order valence-electron chi connectivity index (χ0n) is 12.9. The average Bonchev–Trinajstić information content (AvgIpc) is 2.91. The Kier molecular flexibility index (Phi) is 3.95. The molecule has 0 atom stereocenters. The Hall–Kier alpha value is -1.84. The summed E-state index contributed by atoms with van der Waals surface area (Å²) in [4.78, 5) is 18.8. The zero-order valence-corrected chi connectivity index (χ0v) is 12.9. The van der Waals surface area contributed by atoms with Crippen molar-refractivity contribution in [1.29, 1.82) is 0 Å². The van der Waals surface area contributed by atoms with Gasteiger partial charge < -0.3 is 9.47 Å². The van der Waals surface area contributed by atoms with E-state index >= 15 is 0 Å². The third-order valence-corrected chi connectivity index (χ3v) is 4.26. The van der Waals surface area contributed by atoms with Gasteiger partial charge in [-0.15, -0.1) is 0 Å². The van der Waals surface area contributed by atoms with Crippen LogP contribution in [0.15, 0.2) is 24.5 Å². The molecule has 1 saturated heterocycles. The van der Waals surface area contributed by atoms with Gasteiger partial charge in [0.25, 0.3) is 0 Å². The molecule has 1 aliphatic heterocycles. The van der Waals surface area contributed by atoms with Crippen LogP contribution in [-0.4, -0.2) is 33.4 Å². The number of carbonyl (C=O) groups excluding carboxylic acids is 1. The van der Waals surface area contributed by atoms with Gasteiger partial charge in [-0.25, -0.2) is 4.98 Å². The molecule has 0 saturated carbocycles. The van der Waals surface area contributed by atoms with Gasteiger partial charge in [0.15, 0.2) is 0 Å². The van der Waals surface area contributed by atoms with Crippen molar-refractivity contribution in [2.75, 3.05) is 13.1 Å². The second-order valence-electron chi connectivity index (χ2n) is 6.19. The number of piperidine rings is 1. The molecule has 0 bridgehead atoms. The first-order valence-electron chi connectivity index (χ1n) is 7.88. The van der Waals surface area contributed by atoms with E-state index in [0.717, 1.165) is 42.5 Å². The van der Waals surface area contributed by atoms with Gasteiger partial charge >= 0.3 is 0 Å². The highest BCUT2D eigenvalue weighted by Crippen LogP contribution is 2.20. The topological polar surface area (TPSA) is 38.1 Å². The number of hydrogen-bond acceptors (Lipinski definition) is 2. The highest BCUT2D eigenvalue weighted by molar-refractivity contribution is 5.82. The number of imidazole rings is 1. The van der Waals surface area contributed by atoms with Crippen molar-refractivity contribution in [1.82, 2.24) is 14.5 Å². The molecule has 0 radical (unpaired) electrons. The number of aromatic nitrogens is 2. The fourth-order valence-electron chi connectivity index (χ4n) is 3.03. The Morgan fingerprint density at radius 2 is 2.00 bits per heavy atom. The van der Waals surface area contributed by atoms with Crippen molar-refractivity contribution in [2.45, 2.75) is 45.6 Å². The number of benzene rings is 1. The Bertz CT molecular complexity index is 639. The number of amides is 1. The first-order valence-corrected chi connectivity index (χ1v) is 7.88. The number of carbonyl (C=O) groups is 1. The first-order chi connectivity index (χ1) is 10.1. The molecule has 21 heavy (non-hydrogen) atoms. The van der Waals surface area contributed by atoms with Crippen LogP contribution in [0.25, 0.3) is 11.0 Å². The molecule has 0 N–H and O–H groups in total. The van der Waals surface area contributed by atoms with Crippen molar-refractivity contribution in [3.05, 3.63) is 30.1 Å². The minimum atomic E-state index is 0.248. The summed E-state index contributed by atoms with van der Waals surface area (Å²) in [6.07, 6.45) is 5.91. The van der Waals surface area contributed by atoms with Crippen molar-refractivity contribution < 1.29 is 4.79 Å². The highest BCUT2D eigenvalue weighted by atomic mass is 16.2. The van der Waals surface area contributed by atoms with Crippen LogP contribution in [0.4, 0.5) is 0 Å². The van der Waals surface area contributed by atoms with Crippen LogP contribution in [0.5, 0.6) is 0 Å². The second-order valence-corrected chi connectivity index (χ2v) is 6.19. The lowest BCUT2D eigenvalue weighted by Crippen LogP contribution is -2.36. The fraction of sp³-hybridized carbons (Fsp3) is 0.529. The van der Waals surface area contributed by atoms with Gasteiger partial charge in [0.1, 0.15) is 0 Å². The van der Waals surface area contributed by atoms with Crippen LogP contribution in [0.1, 0.15) is 44.7 Å². The van der Waals surface area contributed by atoms with Gasteiger partial charge in [0.2, 0.25) is 5.91 Å². The lowest BCUT2D eigenvalue weighted by Gasteiger charge is -2.26. The van der Waals surface area contributed by atoms with Crippen LogP contribution >= 0.6 is 0 Å². The van der Waals surface area contributed by atoms with Gasteiger partial charge in [0, 0.05) is 19.1 Å². The third kappa shape index (κ3) is 2.94. The van der Waals surface area contributed by atoms with E-state index in [1.54, 1.807) is 0 Å². The van der Waals surface area contributed by atoms with E-state index in [9.17, 15) is 4.79 Å². The molecule has 1 aliphatic rings. The van der Waals surface area contributed by atoms with Gasteiger partial charge in [-0.2, -0.15) is 0 Å². The molecule has 112 valence electrons. The summed E-state index contributed by atoms with van der Waals surface area (Å²) in [7, 11) is 0. The Labute approximate surface area is 125 Å². The van der Waals surface area contributed by atoms with Crippen molar-refractivity contribution in [3.63, 3.8) is 0 Å². The van der Waals surface area contributed by atoms with E-state index < -0.39 is 0 Å². The van der Waals surface area contributed by atoms with Crippen molar-refractivity contribution >= 4 is 16.9 Å². The molecule has 4 nitrogen and oxygen atoms in total. The molecule has 2 heterocycles. The smallest absolute Gasteiger partial charge is 0.226 e. The molecule has 2 aromatic rings. The summed E-state index contributed by atoms with van der Waals surface area (Å²) in [5.41, 5.74) is 3.18. The van der Waals surface area contributed by atoms with Crippen molar-refractivity contribution in [3.8, 4) is 0 Å². The minimum Gasteiger partial charge on any atom is -0.342 e. The Morgan fingerprint density at radius 1 is 1.24 bits per heavy atom. The molecule has 0 spiro atoms. The summed E-state index contributed by atoms with van der Waals surface area (Å²) in [6, 6.07) is 6.60. The van der Waals surface area contributed by atoms with Crippen LogP contribution < -0.4 is 0 Å². The molecule has 1 amide bonds. The van der Waals surface area contributed by atoms with Crippen LogP contribution in [0.3, 0.4) is 0 Å². The molecule has 0 unspecified atom stereocenters.